The quantitative estimate of drug-likeness (QED) is 0.455. The van der Waals surface area contributed by atoms with Crippen LogP contribution in [-0.4, -0.2) is 66.6 Å². The van der Waals surface area contributed by atoms with Gasteiger partial charge in [-0.1, -0.05) is 23.9 Å². The van der Waals surface area contributed by atoms with E-state index in [2.05, 4.69) is 4.98 Å². The van der Waals surface area contributed by atoms with E-state index in [1.54, 1.807) is 29.8 Å². The van der Waals surface area contributed by atoms with Crippen molar-refractivity contribution in [1.82, 2.24) is 14.5 Å². The Hall–Kier alpha value is -1.90. The molecule has 0 saturated carbocycles. The Bertz CT molecular complexity index is 814. The summed E-state index contributed by atoms with van der Waals surface area (Å²) in [4.78, 5) is 31.8. The molecular formula is C19H27N3O4S. The molecule has 0 unspecified atom stereocenters. The van der Waals surface area contributed by atoms with Crippen molar-refractivity contribution in [1.29, 1.82) is 0 Å². The number of thioether (sulfide) groups is 1. The second-order valence-electron chi connectivity index (χ2n) is 6.34. The highest BCUT2D eigenvalue weighted by molar-refractivity contribution is 7.99. The fraction of sp³-hybridized carbons (Fsp3) is 0.526. The molecule has 0 radical (unpaired) electrons. The summed E-state index contributed by atoms with van der Waals surface area (Å²) in [6.07, 6.45) is 0. The number of nitrogens with zero attached hydrogens (tertiary/aromatic N) is 3. The molecule has 1 aromatic carbocycles. The van der Waals surface area contributed by atoms with Gasteiger partial charge in [0.2, 0.25) is 5.91 Å². The van der Waals surface area contributed by atoms with Gasteiger partial charge in [0.1, 0.15) is 0 Å². The van der Waals surface area contributed by atoms with Crippen molar-refractivity contribution in [2.75, 3.05) is 46.3 Å². The maximum atomic E-state index is 12.8. The van der Waals surface area contributed by atoms with E-state index in [0.717, 1.165) is 0 Å². The first kappa shape index (κ1) is 21.4. The van der Waals surface area contributed by atoms with Gasteiger partial charge in [-0.05, 0) is 26.0 Å². The molecule has 8 heteroatoms. The number of carbonyl (C=O) groups is 1. The molecule has 0 aliphatic carbocycles. The fourth-order valence-electron chi connectivity index (χ4n) is 2.66. The van der Waals surface area contributed by atoms with Crippen molar-refractivity contribution in [3.05, 3.63) is 34.6 Å². The summed E-state index contributed by atoms with van der Waals surface area (Å²) in [5.41, 5.74) is 0.561. The normalized spacial score (nSPS) is 11.3. The standard InChI is InChI=1S/C19H27N3O4S/c1-14(2)22-18(24)15-7-5-6-8-16(15)20-19(22)27-13-17(23)21(9-11-25-3)10-12-26-4/h5-8,14H,9-13H2,1-4H3. The van der Waals surface area contributed by atoms with E-state index in [-0.39, 0.29) is 23.3 Å². The summed E-state index contributed by atoms with van der Waals surface area (Å²) in [7, 11) is 3.21. The Balaban J connectivity index is 2.22. The zero-order valence-electron chi connectivity index (χ0n) is 16.3. The Labute approximate surface area is 163 Å². The number of aromatic nitrogens is 2. The first-order valence-electron chi connectivity index (χ1n) is 8.89. The van der Waals surface area contributed by atoms with Crippen LogP contribution in [0.5, 0.6) is 0 Å². The molecule has 1 amide bonds. The number of carbonyl (C=O) groups excluding carboxylic acids is 1. The summed E-state index contributed by atoms with van der Waals surface area (Å²) >= 11 is 1.29. The van der Waals surface area contributed by atoms with Crippen LogP contribution in [-0.2, 0) is 14.3 Å². The zero-order valence-corrected chi connectivity index (χ0v) is 17.1. The molecule has 1 aromatic heterocycles. The fourth-order valence-corrected chi connectivity index (χ4v) is 3.70. The zero-order chi connectivity index (χ0) is 19.8. The molecule has 27 heavy (non-hydrogen) atoms. The summed E-state index contributed by atoms with van der Waals surface area (Å²) in [6.45, 7) is 5.80. The Morgan fingerprint density at radius 3 is 2.41 bits per heavy atom. The topological polar surface area (TPSA) is 73.7 Å². The molecule has 0 atom stereocenters. The van der Waals surface area contributed by atoms with Crippen molar-refractivity contribution in [2.24, 2.45) is 0 Å². The van der Waals surface area contributed by atoms with Gasteiger partial charge in [0.05, 0.1) is 29.9 Å². The van der Waals surface area contributed by atoms with Crippen LogP contribution >= 0.6 is 11.8 Å². The number of hydrogen-bond donors (Lipinski definition) is 0. The van der Waals surface area contributed by atoms with Crippen molar-refractivity contribution in [3.63, 3.8) is 0 Å². The number of rotatable bonds is 10. The van der Waals surface area contributed by atoms with Gasteiger partial charge in [-0.2, -0.15) is 0 Å². The van der Waals surface area contributed by atoms with E-state index >= 15 is 0 Å². The van der Waals surface area contributed by atoms with Gasteiger partial charge in [0.15, 0.2) is 5.16 Å². The molecule has 148 valence electrons. The number of amides is 1. The van der Waals surface area contributed by atoms with Crippen molar-refractivity contribution in [3.8, 4) is 0 Å². The van der Waals surface area contributed by atoms with Crippen LogP contribution in [0, 0.1) is 0 Å². The van der Waals surface area contributed by atoms with Crippen LogP contribution in [0.25, 0.3) is 10.9 Å². The van der Waals surface area contributed by atoms with Crippen LogP contribution < -0.4 is 5.56 Å². The van der Waals surface area contributed by atoms with Gasteiger partial charge in [0.25, 0.3) is 5.56 Å². The Morgan fingerprint density at radius 1 is 1.19 bits per heavy atom. The van der Waals surface area contributed by atoms with E-state index < -0.39 is 0 Å². The molecule has 1 heterocycles. The number of para-hydroxylation sites is 1. The number of hydrogen-bond acceptors (Lipinski definition) is 6. The third-order valence-electron chi connectivity index (χ3n) is 4.10. The van der Waals surface area contributed by atoms with Gasteiger partial charge >= 0.3 is 0 Å². The van der Waals surface area contributed by atoms with Gasteiger partial charge < -0.3 is 14.4 Å². The lowest BCUT2D eigenvalue weighted by molar-refractivity contribution is -0.129. The molecular weight excluding hydrogens is 366 g/mol. The summed E-state index contributed by atoms with van der Waals surface area (Å²) in [5.74, 6) is 0.164. The Kier molecular flexibility index (Phi) is 8.27. The van der Waals surface area contributed by atoms with Crippen LogP contribution in [0.2, 0.25) is 0 Å². The highest BCUT2D eigenvalue weighted by Gasteiger charge is 2.18. The smallest absolute Gasteiger partial charge is 0.262 e. The summed E-state index contributed by atoms with van der Waals surface area (Å²) < 4.78 is 11.8. The summed E-state index contributed by atoms with van der Waals surface area (Å²) in [5, 5.41) is 1.14. The molecule has 2 rings (SSSR count). The first-order chi connectivity index (χ1) is 13.0. The van der Waals surface area contributed by atoms with Gasteiger partial charge in [-0.3, -0.25) is 14.2 Å². The highest BCUT2D eigenvalue weighted by Crippen LogP contribution is 2.21. The number of benzene rings is 1. The second kappa shape index (κ2) is 10.4. The minimum atomic E-state index is -0.0822. The third-order valence-corrected chi connectivity index (χ3v) is 5.04. The number of fused-ring (bicyclic) bond motifs is 1. The monoisotopic (exact) mass is 393 g/mol. The Morgan fingerprint density at radius 2 is 1.81 bits per heavy atom. The van der Waals surface area contributed by atoms with Gasteiger partial charge in [0, 0.05) is 33.4 Å². The van der Waals surface area contributed by atoms with Gasteiger partial charge in [-0.25, -0.2) is 4.98 Å². The molecule has 0 spiro atoms. The minimum absolute atomic E-state index is 0.0354. The molecule has 0 aliphatic rings. The van der Waals surface area contributed by atoms with E-state index in [0.29, 0.717) is 42.4 Å². The number of ether oxygens (including phenoxy) is 2. The van der Waals surface area contributed by atoms with E-state index in [1.165, 1.54) is 11.8 Å². The summed E-state index contributed by atoms with van der Waals surface area (Å²) in [6, 6.07) is 7.23. The first-order valence-corrected chi connectivity index (χ1v) is 9.87. The van der Waals surface area contributed by atoms with Crippen molar-refractivity contribution >= 4 is 28.6 Å². The predicted octanol–water partition coefficient (Wildman–Crippen LogP) is 2.19. The molecule has 7 nitrogen and oxygen atoms in total. The lowest BCUT2D eigenvalue weighted by atomic mass is 10.2. The predicted molar refractivity (Wildman–Crippen MR) is 107 cm³/mol. The van der Waals surface area contributed by atoms with E-state index in [1.807, 2.05) is 32.0 Å². The maximum Gasteiger partial charge on any atom is 0.262 e. The molecule has 0 fully saturated rings. The largest absolute Gasteiger partial charge is 0.383 e. The van der Waals surface area contributed by atoms with Crippen LogP contribution in [0.4, 0.5) is 0 Å². The lowest BCUT2D eigenvalue weighted by Gasteiger charge is -2.22. The van der Waals surface area contributed by atoms with Gasteiger partial charge in [-0.15, -0.1) is 0 Å². The average molecular weight is 394 g/mol. The van der Waals surface area contributed by atoms with E-state index in [4.69, 9.17) is 9.47 Å². The van der Waals surface area contributed by atoms with Crippen LogP contribution in [0.3, 0.4) is 0 Å². The molecule has 0 N–H and O–H groups in total. The molecule has 0 saturated heterocycles. The van der Waals surface area contributed by atoms with Crippen LogP contribution in [0.15, 0.2) is 34.2 Å². The van der Waals surface area contributed by atoms with E-state index in [9.17, 15) is 9.59 Å². The molecule has 0 aliphatic heterocycles. The van der Waals surface area contributed by atoms with Crippen LogP contribution in [0.1, 0.15) is 19.9 Å². The third kappa shape index (κ3) is 5.54. The molecule has 0 bridgehead atoms. The van der Waals surface area contributed by atoms with Crippen molar-refractivity contribution < 1.29 is 14.3 Å². The highest BCUT2D eigenvalue weighted by atomic mass is 32.2. The molecule has 2 aromatic rings. The lowest BCUT2D eigenvalue weighted by Crippen LogP contribution is -2.37. The maximum absolute atomic E-state index is 12.8. The van der Waals surface area contributed by atoms with Crippen molar-refractivity contribution in [2.45, 2.75) is 25.0 Å². The second-order valence-corrected chi connectivity index (χ2v) is 7.28. The number of methoxy groups -OCH3 is 2. The average Bonchev–Trinajstić information content (AvgIpc) is 2.66. The minimum Gasteiger partial charge on any atom is -0.383 e. The SMILES string of the molecule is COCCN(CCOC)C(=O)CSc1nc2ccccc2c(=O)n1C(C)C.